The maximum absolute atomic E-state index is 5.49. The van der Waals surface area contributed by atoms with Gasteiger partial charge in [0.2, 0.25) is 0 Å². The zero-order valence-corrected chi connectivity index (χ0v) is 9.74. The van der Waals surface area contributed by atoms with Crippen LogP contribution in [0.15, 0.2) is 24.3 Å². The Hall–Kier alpha value is -1.22. The molecule has 0 unspecified atom stereocenters. The molecule has 0 radical (unpaired) electrons. The van der Waals surface area contributed by atoms with Gasteiger partial charge >= 0.3 is 0 Å². The zero-order chi connectivity index (χ0) is 11.2. The highest BCUT2D eigenvalue weighted by atomic mass is 16.5. The minimum absolute atomic E-state index is 0.603. The van der Waals surface area contributed by atoms with E-state index in [0.29, 0.717) is 13.2 Å². The number of ether oxygens (including phenoxy) is 2. The first-order chi connectivity index (χ1) is 7.88. The predicted octanol–water partition coefficient (Wildman–Crippen LogP) is 2.53. The molecule has 1 aliphatic carbocycles. The van der Waals surface area contributed by atoms with Crippen molar-refractivity contribution in [2.24, 2.45) is 5.92 Å². The van der Waals surface area contributed by atoms with Crippen molar-refractivity contribution < 1.29 is 9.47 Å². The van der Waals surface area contributed by atoms with Crippen LogP contribution in [0.4, 0.5) is 5.69 Å². The first-order valence-electron chi connectivity index (χ1n) is 5.84. The van der Waals surface area contributed by atoms with Crippen molar-refractivity contribution in [3.8, 4) is 5.75 Å². The van der Waals surface area contributed by atoms with Gasteiger partial charge in [-0.05, 0) is 43.0 Å². The molecular formula is C13H19NO2. The summed E-state index contributed by atoms with van der Waals surface area (Å²) in [6.45, 7) is 2.33. The van der Waals surface area contributed by atoms with Gasteiger partial charge in [-0.2, -0.15) is 0 Å². The van der Waals surface area contributed by atoms with Crippen LogP contribution in [0, 0.1) is 5.92 Å². The Morgan fingerprint density at radius 1 is 1.19 bits per heavy atom. The van der Waals surface area contributed by atoms with Crippen molar-refractivity contribution in [3.63, 3.8) is 0 Å². The summed E-state index contributed by atoms with van der Waals surface area (Å²) in [5, 5.41) is 3.42. The summed E-state index contributed by atoms with van der Waals surface area (Å²) in [7, 11) is 1.67. The maximum atomic E-state index is 5.49. The van der Waals surface area contributed by atoms with E-state index >= 15 is 0 Å². The topological polar surface area (TPSA) is 30.5 Å². The van der Waals surface area contributed by atoms with Gasteiger partial charge in [-0.1, -0.05) is 0 Å². The Kier molecular flexibility index (Phi) is 4.05. The molecule has 0 amide bonds. The average molecular weight is 221 g/mol. The number of benzene rings is 1. The minimum Gasteiger partial charge on any atom is -0.491 e. The molecule has 3 nitrogen and oxygen atoms in total. The highest BCUT2D eigenvalue weighted by molar-refractivity contribution is 5.46. The second-order valence-corrected chi connectivity index (χ2v) is 4.19. The summed E-state index contributed by atoms with van der Waals surface area (Å²) in [5.74, 6) is 1.80. The molecule has 0 atom stereocenters. The highest BCUT2D eigenvalue weighted by Gasteiger charge is 2.20. The number of hydrogen-bond acceptors (Lipinski definition) is 3. The minimum atomic E-state index is 0.603. The van der Waals surface area contributed by atoms with Crippen molar-refractivity contribution in [3.05, 3.63) is 24.3 Å². The van der Waals surface area contributed by atoms with Crippen LogP contribution in [0.3, 0.4) is 0 Å². The van der Waals surface area contributed by atoms with Crippen LogP contribution in [-0.2, 0) is 4.74 Å². The second-order valence-electron chi connectivity index (χ2n) is 4.19. The lowest BCUT2D eigenvalue weighted by molar-refractivity contribution is 0.146. The number of methoxy groups -OCH3 is 1. The van der Waals surface area contributed by atoms with Crippen LogP contribution < -0.4 is 10.1 Å². The summed E-state index contributed by atoms with van der Waals surface area (Å²) in [6, 6.07) is 8.10. The number of hydrogen-bond donors (Lipinski definition) is 1. The van der Waals surface area contributed by atoms with Crippen molar-refractivity contribution >= 4 is 5.69 Å². The van der Waals surface area contributed by atoms with Crippen LogP contribution in [0.5, 0.6) is 5.75 Å². The number of anilines is 1. The van der Waals surface area contributed by atoms with E-state index in [2.05, 4.69) is 17.4 Å². The largest absolute Gasteiger partial charge is 0.491 e. The quantitative estimate of drug-likeness (QED) is 0.718. The number of rotatable bonds is 7. The Morgan fingerprint density at radius 2 is 1.94 bits per heavy atom. The smallest absolute Gasteiger partial charge is 0.119 e. The normalized spacial score (nSPS) is 14.8. The molecule has 1 saturated carbocycles. The molecule has 1 aromatic carbocycles. The van der Waals surface area contributed by atoms with Crippen LogP contribution >= 0.6 is 0 Å². The van der Waals surface area contributed by atoms with E-state index in [4.69, 9.17) is 9.47 Å². The van der Waals surface area contributed by atoms with E-state index in [-0.39, 0.29) is 0 Å². The van der Waals surface area contributed by atoms with Gasteiger partial charge in [0, 0.05) is 19.3 Å². The van der Waals surface area contributed by atoms with E-state index in [1.807, 2.05) is 12.1 Å². The van der Waals surface area contributed by atoms with Crippen molar-refractivity contribution in [2.75, 3.05) is 32.2 Å². The SMILES string of the molecule is COCCOc1ccc(NCC2CC2)cc1. The first kappa shape index (κ1) is 11.3. The Morgan fingerprint density at radius 3 is 2.56 bits per heavy atom. The molecule has 0 bridgehead atoms. The van der Waals surface area contributed by atoms with E-state index < -0.39 is 0 Å². The fourth-order valence-electron chi connectivity index (χ4n) is 1.50. The predicted molar refractivity (Wildman–Crippen MR) is 65.0 cm³/mol. The average Bonchev–Trinajstić information content (AvgIpc) is 3.12. The van der Waals surface area contributed by atoms with Gasteiger partial charge in [0.1, 0.15) is 12.4 Å². The Labute approximate surface area is 96.8 Å². The molecule has 0 heterocycles. The van der Waals surface area contributed by atoms with Gasteiger partial charge in [0.25, 0.3) is 0 Å². The number of nitrogens with one attached hydrogen (secondary N) is 1. The van der Waals surface area contributed by atoms with Crippen molar-refractivity contribution in [1.82, 2.24) is 0 Å². The maximum Gasteiger partial charge on any atom is 0.119 e. The second kappa shape index (κ2) is 5.75. The van der Waals surface area contributed by atoms with Gasteiger partial charge in [-0.15, -0.1) is 0 Å². The first-order valence-corrected chi connectivity index (χ1v) is 5.84. The fourth-order valence-corrected chi connectivity index (χ4v) is 1.50. The molecule has 1 aromatic rings. The summed E-state index contributed by atoms with van der Waals surface area (Å²) < 4.78 is 10.4. The Balaban J connectivity index is 1.74. The standard InChI is InChI=1S/C13H19NO2/c1-15-8-9-16-13-6-4-12(5-7-13)14-10-11-2-3-11/h4-7,11,14H,2-3,8-10H2,1H3. The molecule has 1 aliphatic rings. The molecular weight excluding hydrogens is 202 g/mol. The van der Waals surface area contributed by atoms with E-state index in [9.17, 15) is 0 Å². The summed E-state index contributed by atoms with van der Waals surface area (Å²) in [6.07, 6.45) is 2.76. The molecule has 0 aliphatic heterocycles. The third kappa shape index (κ3) is 3.74. The van der Waals surface area contributed by atoms with Crippen LogP contribution in [0.1, 0.15) is 12.8 Å². The monoisotopic (exact) mass is 221 g/mol. The lowest BCUT2D eigenvalue weighted by Gasteiger charge is -2.08. The Bertz CT molecular complexity index is 306. The molecule has 3 heteroatoms. The molecule has 88 valence electrons. The third-order valence-corrected chi connectivity index (χ3v) is 2.70. The molecule has 16 heavy (non-hydrogen) atoms. The summed E-state index contributed by atoms with van der Waals surface area (Å²) >= 11 is 0. The summed E-state index contributed by atoms with van der Waals surface area (Å²) in [4.78, 5) is 0. The molecule has 1 N–H and O–H groups in total. The third-order valence-electron chi connectivity index (χ3n) is 2.70. The highest BCUT2D eigenvalue weighted by Crippen LogP contribution is 2.29. The molecule has 0 spiro atoms. The fraction of sp³-hybridized carbons (Fsp3) is 0.538. The molecule has 0 saturated heterocycles. The molecule has 2 rings (SSSR count). The van der Waals surface area contributed by atoms with Gasteiger partial charge in [0.15, 0.2) is 0 Å². The van der Waals surface area contributed by atoms with E-state index in [1.165, 1.54) is 18.5 Å². The molecule has 1 fully saturated rings. The van der Waals surface area contributed by atoms with Gasteiger partial charge in [0.05, 0.1) is 6.61 Å². The van der Waals surface area contributed by atoms with Crippen LogP contribution in [-0.4, -0.2) is 26.9 Å². The van der Waals surface area contributed by atoms with E-state index in [0.717, 1.165) is 18.2 Å². The van der Waals surface area contributed by atoms with Crippen molar-refractivity contribution in [2.45, 2.75) is 12.8 Å². The molecule has 0 aromatic heterocycles. The van der Waals surface area contributed by atoms with Gasteiger partial charge in [-0.25, -0.2) is 0 Å². The lowest BCUT2D eigenvalue weighted by atomic mass is 10.3. The van der Waals surface area contributed by atoms with Gasteiger partial charge < -0.3 is 14.8 Å². The zero-order valence-electron chi connectivity index (χ0n) is 9.74. The lowest BCUT2D eigenvalue weighted by Crippen LogP contribution is -2.05. The summed E-state index contributed by atoms with van der Waals surface area (Å²) in [5.41, 5.74) is 1.17. The van der Waals surface area contributed by atoms with E-state index in [1.54, 1.807) is 7.11 Å². The van der Waals surface area contributed by atoms with Crippen molar-refractivity contribution in [1.29, 1.82) is 0 Å². The van der Waals surface area contributed by atoms with Crippen LogP contribution in [0.2, 0.25) is 0 Å². The van der Waals surface area contributed by atoms with Gasteiger partial charge in [-0.3, -0.25) is 0 Å². The van der Waals surface area contributed by atoms with Crippen LogP contribution in [0.25, 0.3) is 0 Å².